The second-order valence-corrected chi connectivity index (χ2v) is 3.74. The fourth-order valence-corrected chi connectivity index (χ4v) is 1.60. The highest BCUT2D eigenvalue weighted by atomic mass is 16.5. The zero-order chi connectivity index (χ0) is 11.5. The molecule has 0 atom stereocenters. The Kier molecular flexibility index (Phi) is 2.90. The van der Waals surface area contributed by atoms with Crippen molar-refractivity contribution in [3.05, 3.63) is 24.3 Å². The maximum Gasteiger partial charge on any atom is 0.247 e. The predicted molar refractivity (Wildman–Crippen MR) is 62.8 cm³/mol. The topological polar surface area (TPSA) is 41.9 Å². The van der Waals surface area contributed by atoms with Gasteiger partial charge in [-0.2, -0.15) is 5.10 Å². The molecule has 0 radical (unpaired) electrons. The SMILES string of the molecule is COc1ccc(N2N=C(C)CCC2=O)cc1. The molecule has 0 fully saturated rings. The van der Waals surface area contributed by atoms with E-state index < -0.39 is 0 Å². The number of rotatable bonds is 2. The minimum atomic E-state index is 0.0377. The molecular weight excluding hydrogens is 204 g/mol. The molecule has 0 saturated carbocycles. The van der Waals surface area contributed by atoms with Gasteiger partial charge in [-0.3, -0.25) is 4.79 Å². The van der Waals surface area contributed by atoms with E-state index in [-0.39, 0.29) is 5.91 Å². The van der Waals surface area contributed by atoms with Gasteiger partial charge in [-0.25, -0.2) is 5.01 Å². The molecule has 0 saturated heterocycles. The van der Waals surface area contributed by atoms with Crippen molar-refractivity contribution in [1.29, 1.82) is 0 Å². The lowest BCUT2D eigenvalue weighted by atomic mass is 10.2. The van der Waals surface area contributed by atoms with Crippen molar-refractivity contribution in [1.82, 2.24) is 0 Å². The van der Waals surface area contributed by atoms with Crippen molar-refractivity contribution in [2.45, 2.75) is 19.8 Å². The Morgan fingerprint density at radius 3 is 2.56 bits per heavy atom. The van der Waals surface area contributed by atoms with E-state index in [0.29, 0.717) is 6.42 Å². The van der Waals surface area contributed by atoms with Gasteiger partial charge in [0.05, 0.1) is 12.8 Å². The molecule has 1 aromatic rings. The molecule has 4 nitrogen and oxygen atoms in total. The van der Waals surface area contributed by atoms with Crippen molar-refractivity contribution >= 4 is 17.3 Å². The van der Waals surface area contributed by atoms with E-state index in [1.54, 1.807) is 7.11 Å². The first kappa shape index (κ1) is 10.7. The first-order valence-corrected chi connectivity index (χ1v) is 5.22. The molecular formula is C12H14N2O2. The van der Waals surface area contributed by atoms with Gasteiger partial charge in [0.2, 0.25) is 5.91 Å². The van der Waals surface area contributed by atoms with Gasteiger partial charge in [-0.05, 0) is 37.6 Å². The minimum absolute atomic E-state index is 0.0377. The van der Waals surface area contributed by atoms with Gasteiger partial charge < -0.3 is 4.74 Å². The number of benzene rings is 1. The average molecular weight is 218 g/mol. The summed E-state index contributed by atoms with van der Waals surface area (Å²) in [4.78, 5) is 11.7. The van der Waals surface area contributed by atoms with Crippen LogP contribution in [0.2, 0.25) is 0 Å². The molecule has 0 aromatic heterocycles. The van der Waals surface area contributed by atoms with Gasteiger partial charge in [0, 0.05) is 12.1 Å². The molecule has 1 aliphatic heterocycles. The van der Waals surface area contributed by atoms with Crippen LogP contribution >= 0.6 is 0 Å². The van der Waals surface area contributed by atoms with Crippen molar-refractivity contribution in [2.75, 3.05) is 12.1 Å². The van der Waals surface area contributed by atoms with Crippen LogP contribution in [-0.4, -0.2) is 18.7 Å². The lowest BCUT2D eigenvalue weighted by Crippen LogP contribution is -2.30. The van der Waals surface area contributed by atoms with E-state index in [9.17, 15) is 4.79 Å². The Hall–Kier alpha value is -1.84. The summed E-state index contributed by atoms with van der Waals surface area (Å²) in [5.41, 5.74) is 1.76. The van der Waals surface area contributed by atoms with Crippen LogP contribution in [-0.2, 0) is 4.79 Å². The van der Waals surface area contributed by atoms with E-state index in [1.807, 2.05) is 31.2 Å². The third-order valence-electron chi connectivity index (χ3n) is 2.52. The van der Waals surface area contributed by atoms with Crippen molar-refractivity contribution in [3.63, 3.8) is 0 Å². The average Bonchev–Trinajstić information content (AvgIpc) is 2.32. The van der Waals surface area contributed by atoms with E-state index in [4.69, 9.17) is 4.74 Å². The van der Waals surface area contributed by atoms with E-state index in [0.717, 1.165) is 23.6 Å². The normalized spacial score (nSPS) is 16.0. The Morgan fingerprint density at radius 1 is 1.25 bits per heavy atom. The van der Waals surface area contributed by atoms with Gasteiger partial charge in [-0.1, -0.05) is 0 Å². The van der Waals surface area contributed by atoms with Crippen molar-refractivity contribution in [3.8, 4) is 5.75 Å². The number of hydrogen-bond acceptors (Lipinski definition) is 3. The minimum Gasteiger partial charge on any atom is -0.497 e. The van der Waals surface area contributed by atoms with E-state index in [1.165, 1.54) is 5.01 Å². The van der Waals surface area contributed by atoms with Gasteiger partial charge in [0.1, 0.15) is 5.75 Å². The van der Waals surface area contributed by atoms with Crippen LogP contribution in [0.1, 0.15) is 19.8 Å². The lowest BCUT2D eigenvalue weighted by Gasteiger charge is -2.22. The molecule has 1 aromatic carbocycles. The highest BCUT2D eigenvalue weighted by Crippen LogP contribution is 2.22. The Bertz CT molecular complexity index is 423. The van der Waals surface area contributed by atoms with Crippen LogP contribution in [0, 0.1) is 0 Å². The summed E-state index contributed by atoms with van der Waals surface area (Å²) < 4.78 is 5.07. The van der Waals surface area contributed by atoms with Gasteiger partial charge >= 0.3 is 0 Å². The predicted octanol–water partition coefficient (Wildman–Crippen LogP) is 2.20. The molecule has 0 spiro atoms. The van der Waals surface area contributed by atoms with Crippen LogP contribution in [0.5, 0.6) is 5.75 Å². The highest BCUT2D eigenvalue weighted by molar-refractivity contribution is 6.01. The number of nitrogens with zero attached hydrogens (tertiary/aromatic N) is 2. The lowest BCUT2D eigenvalue weighted by molar-refractivity contribution is -0.118. The Morgan fingerprint density at radius 2 is 1.94 bits per heavy atom. The van der Waals surface area contributed by atoms with E-state index >= 15 is 0 Å². The fourth-order valence-electron chi connectivity index (χ4n) is 1.60. The second-order valence-electron chi connectivity index (χ2n) is 3.74. The molecule has 0 bridgehead atoms. The summed E-state index contributed by atoms with van der Waals surface area (Å²) in [5, 5.41) is 5.71. The molecule has 84 valence electrons. The number of carbonyl (C=O) groups is 1. The van der Waals surface area contributed by atoms with Crippen LogP contribution < -0.4 is 9.75 Å². The summed E-state index contributed by atoms with van der Waals surface area (Å²) >= 11 is 0. The summed E-state index contributed by atoms with van der Waals surface area (Å²) in [7, 11) is 1.61. The summed E-state index contributed by atoms with van der Waals surface area (Å²) in [5.74, 6) is 0.810. The number of carbonyl (C=O) groups excluding carboxylic acids is 1. The monoisotopic (exact) mass is 218 g/mol. The van der Waals surface area contributed by atoms with Gasteiger partial charge in [0.25, 0.3) is 0 Å². The molecule has 2 rings (SSSR count). The number of methoxy groups -OCH3 is 1. The molecule has 4 heteroatoms. The summed E-state index contributed by atoms with van der Waals surface area (Å²) in [6.45, 7) is 1.93. The molecule has 0 aliphatic carbocycles. The zero-order valence-electron chi connectivity index (χ0n) is 9.43. The standard InChI is InChI=1S/C12H14N2O2/c1-9-3-8-12(15)14(13-9)10-4-6-11(16-2)7-5-10/h4-7H,3,8H2,1-2H3. The van der Waals surface area contributed by atoms with E-state index in [2.05, 4.69) is 5.10 Å². The number of anilines is 1. The number of ether oxygens (including phenoxy) is 1. The smallest absolute Gasteiger partial charge is 0.247 e. The van der Waals surface area contributed by atoms with Crippen molar-refractivity contribution < 1.29 is 9.53 Å². The van der Waals surface area contributed by atoms with Crippen LogP contribution in [0.15, 0.2) is 29.4 Å². The molecule has 1 amide bonds. The summed E-state index contributed by atoms with van der Waals surface area (Å²) in [6.07, 6.45) is 1.28. The number of hydrogen-bond donors (Lipinski definition) is 0. The molecule has 1 aliphatic rings. The fraction of sp³-hybridized carbons (Fsp3) is 0.333. The maximum atomic E-state index is 11.7. The molecule has 1 heterocycles. The van der Waals surface area contributed by atoms with Crippen LogP contribution in [0.25, 0.3) is 0 Å². The molecule has 16 heavy (non-hydrogen) atoms. The van der Waals surface area contributed by atoms with Gasteiger partial charge in [0.15, 0.2) is 0 Å². The van der Waals surface area contributed by atoms with Gasteiger partial charge in [-0.15, -0.1) is 0 Å². The highest BCUT2D eigenvalue weighted by Gasteiger charge is 2.19. The zero-order valence-corrected chi connectivity index (χ0v) is 9.43. The number of amides is 1. The first-order valence-electron chi connectivity index (χ1n) is 5.22. The Labute approximate surface area is 94.5 Å². The van der Waals surface area contributed by atoms with Crippen LogP contribution in [0.3, 0.4) is 0 Å². The quantitative estimate of drug-likeness (QED) is 0.763. The summed E-state index contributed by atoms with van der Waals surface area (Å²) in [6, 6.07) is 7.31. The molecule has 0 N–H and O–H groups in total. The third-order valence-corrected chi connectivity index (χ3v) is 2.52. The largest absolute Gasteiger partial charge is 0.497 e. The Balaban J connectivity index is 2.28. The first-order chi connectivity index (χ1) is 7.70. The molecule has 0 unspecified atom stereocenters. The van der Waals surface area contributed by atoms with Crippen LogP contribution in [0.4, 0.5) is 5.69 Å². The second kappa shape index (κ2) is 4.35. The number of hydrazone groups is 1. The third kappa shape index (κ3) is 2.05. The maximum absolute atomic E-state index is 11.7. The van der Waals surface area contributed by atoms with Crippen molar-refractivity contribution in [2.24, 2.45) is 5.10 Å².